The first kappa shape index (κ1) is 18.4. The fraction of sp³-hybridized carbons (Fsp3) is 0.400. The summed E-state index contributed by atoms with van der Waals surface area (Å²) in [4.78, 5) is 26.6. The van der Waals surface area contributed by atoms with Gasteiger partial charge in [0.15, 0.2) is 5.82 Å². The molecule has 1 atom stereocenters. The first-order valence-electron chi connectivity index (χ1n) is 9.48. The largest absolute Gasteiger partial charge is 0.381 e. The van der Waals surface area contributed by atoms with Gasteiger partial charge in [0.25, 0.3) is 5.91 Å². The Hall–Kier alpha value is -3.00. The van der Waals surface area contributed by atoms with E-state index < -0.39 is 0 Å². The molecule has 2 aliphatic heterocycles. The van der Waals surface area contributed by atoms with Crippen LogP contribution >= 0.6 is 0 Å². The molecule has 28 heavy (non-hydrogen) atoms. The van der Waals surface area contributed by atoms with Gasteiger partial charge in [0.2, 0.25) is 5.91 Å². The minimum absolute atomic E-state index is 0.0291. The van der Waals surface area contributed by atoms with Gasteiger partial charge in [0.05, 0.1) is 12.5 Å². The predicted molar refractivity (Wildman–Crippen MR) is 104 cm³/mol. The molecule has 2 amide bonds. The van der Waals surface area contributed by atoms with Crippen LogP contribution in [0.3, 0.4) is 0 Å². The van der Waals surface area contributed by atoms with Gasteiger partial charge in [0, 0.05) is 49.6 Å². The molecule has 0 saturated carbocycles. The maximum Gasteiger partial charge on any atom is 0.251 e. The van der Waals surface area contributed by atoms with Crippen molar-refractivity contribution in [2.75, 3.05) is 43.1 Å². The number of carbonyl (C=O) groups is 2. The molecule has 8 nitrogen and oxygen atoms in total. The summed E-state index contributed by atoms with van der Waals surface area (Å²) in [6, 6.07) is 10.7. The molecule has 2 fully saturated rings. The number of nitrogens with one attached hydrogen (secondary N) is 2. The van der Waals surface area contributed by atoms with Crippen molar-refractivity contribution >= 4 is 23.3 Å². The van der Waals surface area contributed by atoms with E-state index in [9.17, 15) is 9.59 Å². The molecule has 2 aromatic rings. The third-order valence-corrected chi connectivity index (χ3v) is 5.12. The number of aromatic nitrogens is 2. The average Bonchev–Trinajstić information content (AvgIpc) is 3.20. The number of hydrogen-bond donors (Lipinski definition) is 2. The maximum atomic E-state index is 12.4. The Labute approximate surface area is 163 Å². The standard InChI is InChI=1S/C20H23N5O3/c26-19(21-10-14-7-9-28-13-14)15-3-5-17(6-4-15)23-20(27)16-11-25(12-16)18-2-1-8-22-24-18/h1-6,8,14,16H,7,9-13H2,(H,21,26)(H,23,27). The third kappa shape index (κ3) is 4.28. The number of hydrogen-bond acceptors (Lipinski definition) is 6. The number of rotatable bonds is 6. The molecule has 0 aliphatic carbocycles. The highest BCUT2D eigenvalue weighted by Gasteiger charge is 2.33. The van der Waals surface area contributed by atoms with Crippen molar-refractivity contribution in [1.82, 2.24) is 15.5 Å². The van der Waals surface area contributed by atoms with Gasteiger partial charge < -0.3 is 20.3 Å². The van der Waals surface area contributed by atoms with Crippen molar-refractivity contribution < 1.29 is 14.3 Å². The van der Waals surface area contributed by atoms with E-state index in [2.05, 4.69) is 20.8 Å². The molecule has 0 spiro atoms. The van der Waals surface area contributed by atoms with Gasteiger partial charge in [0.1, 0.15) is 0 Å². The predicted octanol–water partition coefficient (Wildman–Crippen LogP) is 1.32. The Morgan fingerprint density at radius 3 is 2.68 bits per heavy atom. The number of benzene rings is 1. The van der Waals surface area contributed by atoms with Crippen molar-refractivity contribution in [3.8, 4) is 0 Å². The number of nitrogens with zero attached hydrogens (tertiary/aromatic N) is 3. The van der Waals surface area contributed by atoms with E-state index in [0.29, 0.717) is 43.4 Å². The number of anilines is 2. The van der Waals surface area contributed by atoms with Crippen LogP contribution in [0.1, 0.15) is 16.8 Å². The highest BCUT2D eigenvalue weighted by atomic mass is 16.5. The van der Waals surface area contributed by atoms with Crippen LogP contribution < -0.4 is 15.5 Å². The van der Waals surface area contributed by atoms with Crippen molar-refractivity contribution in [3.63, 3.8) is 0 Å². The molecule has 2 saturated heterocycles. The Kier molecular flexibility index (Phi) is 5.48. The van der Waals surface area contributed by atoms with Gasteiger partial charge >= 0.3 is 0 Å². The Bertz CT molecular complexity index is 815. The number of amides is 2. The molecule has 4 rings (SSSR count). The lowest BCUT2D eigenvalue weighted by Gasteiger charge is -2.38. The van der Waals surface area contributed by atoms with Crippen LogP contribution in [-0.2, 0) is 9.53 Å². The third-order valence-electron chi connectivity index (χ3n) is 5.12. The second-order valence-corrected chi connectivity index (χ2v) is 7.19. The summed E-state index contributed by atoms with van der Waals surface area (Å²) < 4.78 is 5.31. The normalized spacial score (nSPS) is 19.1. The lowest BCUT2D eigenvalue weighted by atomic mass is 9.99. The van der Waals surface area contributed by atoms with E-state index in [1.165, 1.54) is 0 Å². The summed E-state index contributed by atoms with van der Waals surface area (Å²) in [5.41, 5.74) is 1.26. The molecule has 3 heterocycles. The maximum absolute atomic E-state index is 12.4. The van der Waals surface area contributed by atoms with Gasteiger partial charge in [-0.25, -0.2) is 0 Å². The topological polar surface area (TPSA) is 96.5 Å². The lowest BCUT2D eigenvalue weighted by molar-refractivity contribution is -0.120. The second kappa shape index (κ2) is 8.35. The molecular weight excluding hydrogens is 358 g/mol. The van der Waals surface area contributed by atoms with Crippen molar-refractivity contribution in [2.24, 2.45) is 11.8 Å². The van der Waals surface area contributed by atoms with Crippen LogP contribution in [0.4, 0.5) is 11.5 Å². The zero-order valence-corrected chi connectivity index (χ0v) is 15.5. The molecule has 1 unspecified atom stereocenters. The zero-order valence-electron chi connectivity index (χ0n) is 15.5. The number of ether oxygens (including phenoxy) is 1. The fourth-order valence-electron chi connectivity index (χ4n) is 3.33. The molecule has 1 aromatic carbocycles. The molecule has 2 N–H and O–H groups in total. The molecular formula is C20H23N5O3. The summed E-state index contributed by atoms with van der Waals surface area (Å²) in [7, 11) is 0. The SMILES string of the molecule is O=C(NCC1CCOC1)c1ccc(NC(=O)C2CN(c3cccnn3)C2)cc1. The Morgan fingerprint density at radius 2 is 2.00 bits per heavy atom. The van der Waals surface area contributed by atoms with Crippen molar-refractivity contribution in [1.29, 1.82) is 0 Å². The van der Waals surface area contributed by atoms with E-state index >= 15 is 0 Å². The smallest absolute Gasteiger partial charge is 0.251 e. The molecule has 8 heteroatoms. The summed E-state index contributed by atoms with van der Waals surface area (Å²) in [5, 5.41) is 13.7. The van der Waals surface area contributed by atoms with E-state index in [-0.39, 0.29) is 17.7 Å². The lowest BCUT2D eigenvalue weighted by Crippen LogP contribution is -2.52. The van der Waals surface area contributed by atoms with Gasteiger partial charge in [-0.05, 0) is 42.8 Å². The van der Waals surface area contributed by atoms with Crippen LogP contribution in [0.5, 0.6) is 0 Å². The molecule has 0 bridgehead atoms. The van der Waals surface area contributed by atoms with E-state index in [1.807, 2.05) is 17.0 Å². The highest BCUT2D eigenvalue weighted by molar-refractivity contribution is 5.97. The van der Waals surface area contributed by atoms with E-state index in [0.717, 1.165) is 18.8 Å². The van der Waals surface area contributed by atoms with Crippen LogP contribution in [0.25, 0.3) is 0 Å². The summed E-state index contributed by atoms with van der Waals surface area (Å²) in [6.07, 6.45) is 2.61. The zero-order chi connectivity index (χ0) is 19.3. The van der Waals surface area contributed by atoms with Gasteiger partial charge in [-0.2, -0.15) is 5.10 Å². The minimum atomic E-state index is -0.108. The van der Waals surface area contributed by atoms with Crippen LogP contribution in [0, 0.1) is 11.8 Å². The first-order chi connectivity index (χ1) is 13.7. The van der Waals surface area contributed by atoms with E-state index in [4.69, 9.17) is 4.74 Å². The Balaban J connectivity index is 1.24. The van der Waals surface area contributed by atoms with Gasteiger partial charge in [-0.1, -0.05) is 0 Å². The fourth-order valence-corrected chi connectivity index (χ4v) is 3.33. The minimum Gasteiger partial charge on any atom is -0.381 e. The second-order valence-electron chi connectivity index (χ2n) is 7.19. The van der Waals surface area contributed by atoms with Gasteiger partial charge in [-0.3, -0.25) is 9.59 Å². The van der Waals surface area contributed by atoms with Crippen LogP contribution in [0.15, 0.2) is 42.6 Å². The average molecular weight is 381 g/mol. The summed E-state index contributed by atoms with van der Waals surface area (Å²) >= 11 is 0. The highest BCUT2D eigenvalue weighted by Crippen LogP contribution is 2.23. The Morgan fingerprint density at radius 1 is 1.18 bits per heavy atom. The summed E-state index contributed by atoms with van der Waals surface area (Å²) in [6.45, 7) is 3.35. The van der Waals surface area contributed by atoms with Crippen LogP contribution in [-0.4, -0.2) is 54.9 Å². The quantitative estimate of drug-likeness (QED) is 0.783. The molecule has 1 aromatic heterocycles. The monoisotopic (exact) mass is 381 g/mol. The first-order valence-corrected chi connectivity index (χ1v) is 9.48. The molecule has 2 aliphatic rings. The van der Waals surface area contributed by atoms with E-state index in [1.54, 1.807) is 30.5 Å². The van der Waals surface area contributed by atoms with Gasteiger partial charge in [-0.15, -0.1) is 5.10 Å². The van der Waals surface area contributed by atoms with Crippen molar-refractivity contribution in [3.05, 3.63) is 48.2 Å². The van der Waals surface area contributed by atoms with Crippen molar-refractivity contribution in [2.45, 2.75) is 6.42 Å². The van der Waals surface area contributed by atoms with Crippen LogP contribution in [0.2, 0.25) is 0 Å². The molecule has 146 valence electrons. The number of carbonyl (C=O) groups excluding carboxylic acids is 2. The molecule has 0 radical (unpaired) electrons. The summed E-state index contributed by atoms with van der Waals surface area (Å²) in [5.74, 6) is 0.957.